The fraction of sp³-hybridized carbons (Fsp3) is 0.462. The van der Waals surface area contributed by atoms with Crippen LogP contribution in [0.15, 0.2) is 24.3 Å². The fourth-order valence-electron chi connectivity index (χ4n) is 1.78. The molecule has 19 heavy (non-hydrogen) atoms. The molecule has 0 bridgehead atoms. The Morgan fingerprint density at radius 2 is 2.21 bits per heavy atom. The maximum Gasteiger partial charge on any atom is 0.315 e. The number of anilines is 1. The Morgan fingerprint density at radius 1 is 1.42 bits per heavy atom. The minimum atomic E-state index is -0.184. The third-order valence-electron chi connectivity index (χ3n) is 2.80. The molecule has 1 saturated heterocycles. The van der Waals surface area contributed by atoms with Crippen molar-refractivity contribution < 1.29 is 14.3 Å². The Hall–Kier alpha value is -1.95. The average Bonchev–Trinajstić information content (AvgIpc) is 2.89. The lowest BCUT2D eigenvalue weighted by Gasteiger charge is -2.12. The average molecular weight is 265 g/mol. The van der Waals surface area contributed by atoms with Gasteiger partial charge < -0.3 is 25.8 Å². The van der Waals surface area contributed by atoms with E-state index in [0.717, 1.165) is 12.2 Å². The number of amides is 2. The molecular weight excluding hydrogens is 246 g/mol. The molecule has 1 atom stereocenters. The van der Waals surface area contributed by atoms with E-state index in [4.69, 9.17) is 15.2 Å². The van der Waals surface area contributed by atoms with E-state index in [0.29, 0.717) is 32.1 Å². The van der Waals surface area contributed by atoms with E-state index in [1.807, 2.05) is 0 Å². The lowest BCUT2D eigenvalue weighted by atomic mass is 10.3. The van der Waals surface area contributed by atoms with Gasteiger partial charge in [0.05, 0.1) is 19.2 Å². The largest absolute Gasteiger partial charge is 0.492 e. The van der Waals surface area contributed by atoms with Crippen LogP contribution in [-0.2, 0) is 4.74 Å². The monoisotopic (exact) mass is 265 g/mol. The number of nitrogens with two attached hydrogens (primary N) is 1. The second-order valence-corrected chi connectivity index (χ2v) is 4.38. The molecule has 1 aromatic carbocycles. The van der Waals surface area contributed by atoms with E-state index in [-0.39, 0.29) is 12.1 Å². The van der Waals surface area contributed by atoms with Gasteiger partial charge in [-0.3, -0.25) is 0 Å². The first-order valence-corrected chi connectivity index (χ1v) is 6.34. The third kappa shape index (κ3) is 4.67. The van der Waals surface area contributed by atoms with Crippen molar-refractivity contribution in [2.45, 2.75) is 12.5 Å². The Labute approximate surface area is 112 Å². The highest BCUT2D eigenvalue weighted by molar-refractivity contribution is 5.74. The summed E-state index contributed by atoms with van der Waals surface area (Å²) in [6.07, 6.45) is 0.870. The molecule has 0 spiro atoms. The highest BCUT2D eigenvalue weighted by atomic mass is 16.5. The molecule has 1 fully saturated rings. The molecule has 6 nitrogen and oxygen atoms in total. The van der Waals surface area contributed by atoms with Crippen molar-refractivity contribution in [2.75, 3.05) is 32.1 Å². The summed E-state index contributed by atoms with van der Waals surface area (Å²) in [6, 6.07) is 7.08. The van der Waals surface area contributed by atoms with Crippen LogP contribution in [0, 0.1) is 0 Å². The van der Waals surface area contributed by atoms with Gasteiger partial charge in [0, 0.05) is 12.3 Å². The maximum absolute atomic E-state index is 11.5. The smallest absolute Gasteiger partial charge is 0.315 e. The zero-order chi connectivity index (χ0) is 13.5. The normalized spacial score (nSPS) is 18.0. The zero-order valence-electron chi connectivity index (χ0n) is 10.7. The van der Waals surface area contributed by atoms with Gasteiger partial charge in [0.1, 0.15) is 12.4 Å². The molecule has 2 amide bonds. The summed E-state index contributed by atoms with van der Waals surface area (Å²) in [6.45, 7) is 2.17. The minimum absolute atomic E-state index is 0.123. The van der Waals surface area contributed by atoms with Crippen molar-refractivity contribution in [3.8, 4) is 5.75 Å². The molecule has 2 rings (SSSR count). The molecule has 0 aromatic heterocycles. The van der Waals surface area contributed by atoms with Crippen molar-refractivity contribution in [3.63, 3.8) is 0 Å². The Bertz CT molecular complexity index is 402. The number of carbonyl (C=O) groups is 1. The van der Waals surface area contributed by atoms with Crippen LogP contribution >= 0.6 is 0 Å². The van der Waals surface area contributed by atoms with Crippen LogP contribution < -0.4 is 21.1 Å². The third-order valence-corrected chi connectivity index (χ3v) is 2.80. The van der Waals surface area contributed by atoms with Gasteiger partial charge in [0.2, 0.25) is 0 Å². The molecular formula is C13H19N3O3. The van der Waals surface area contributed by atoms with E-state index in [9.17, 15) is 4.79 Å². The number of hydrogen-bond acceptors (Lipinski definition) is 4. The van der Waals surface area contributed by atoms with Crippen LogP contribution in [0.25, 0.3) is 0 Å². The highest BCUT2D eigenvalue weighted by Crippen LogP contribution is 2.12. The molecule has 0 aliphatic carbocycles. The van der Waals surface area contributed by atoms with Crippen molar-refractivity contribution in [2.24, 2.45) is 0 Å². The standard InChI is InChI=1S/C13H19N3O3/c14-10-1-3-12(4-2-10)19-8-6-15-13(17)16-11-5-7-18-9-11/h1-4,11H,5-9,14H2,(H2,15,16,17). The van der Waals surface area contributed by atoms with Crippen LogP contribution in [0.3, 0.4) is 0 Å². The Kier molecular flexibility index (Phi) is 4.85. The first kappa shape index (κ1) is 13.5. The van der Waals surface area contributed by atoms with Crippen LogP contribution in [0.1, 0.15) is 6.42 Å². The molecule has 1 aromatic rings. The van der Waals surface area contributed by atoms with E-state index >= 15 is 0 Å². The molecule has 1 aliphatic rings. The lowest BCUT2D eigenvalue weighted by molar-refractivity contribution is 0.188. The number of ether oxygens (including phenoxy) is 2. The molecule has 104 valence electrons. The van der Waals surface area contributed by atoms with E-state index in [2.05, 4.69) is 10.6 Å². The highest BCUT2D eigenvalue weighted by Gasteiger charge is 2.17. The number of hydrogen-bond donors (Lipinski definition) is 3. The van der Waals surface area contributed by atoms with Crippen molar-refractivity contribution in [1.82, 2.24) is 10.6 Å². The molecule has 4 N–H and O–H groups in total. The second kappa shape index (κ2) is 6.84. The minimum Gasteiger partial charge on any atom is -0.492 e. The topological polar surface area (TPSA) is 85.6 Å². The predicted octanol–water partition coefficient (Wildman–Crippen LogP) is 0.736. The number of benzene rings is 1. The van der Waals surface area contributed by atoms with Crippen molar-refractivity contribution in [1.29, 1.82) is 0 Å². The van der Waals surface area contributed by atoms with Crippen LogP contribution in [0.2, 0.25) is 0 Å². The summed E-state index contributed by atoms with van der Waals surface area (Å²) in [4.78, 5) is 11.5. The summed E-state index contributed by atoms with van der Waals surface area (Å²) in [5.74, 6) is 0.737. The van der Waals surface area contributed by atoms with E-state index in [1.54, 1.807) is 24.3 Å². The first-order valence-electron chi connectivity index (χ1n) is 6.34. The summed E-state index contributed by atoms with van der Waals surface area (Å²) >= 11 is 0. The van der Waals surface area contributed by atoms with E-state index < -0.39 is 0 Å². The van der Waals surface area contributed by atoms with Crippen LogP contribution in [0.5, 0.6) is 5.75 Å². The van der Waals surface area contributed by atoms with Gasteiger partial charge in [-0.25, -0.2) is 4.79 Å². The van der Waals surface area contributed by atoms with Gasteiger partial charge in [0.25, 0.3) is 0 Å². The van der Waals surface area contributed by atoms with Crippen molar-refractivity contribution in [3.05, 3.63) is 24.3 Å². The summed E-state index contributed by atoms with van der Waals surface area (Å²) in [5.41, 5.74) is 6.27. The predicted molar refractivity (Wildman–Crippen MR) is 72.1 cm³/mol. The van der Waals surface area contributed by atoms with Gasteiger partial charge in [0.15, 0.2) is 0 Å². The summed E-state index contributed by atoms with van der Waals surface area (Å²) < 4.78 is 10.6. The maximum atomic E-state index is 11.5. The summed E-state index contributed by atoms with van der Waals surface area (Å²) in [5, 5.41) is 5.57. The van der Waals surface area contributed by atoms with Gasteiger partial charge in [-0.15, -0.1) is 0 Å². The number of rotatable bonds is 5. The SMILES string of the molecule is Nc1ccc(OCCNC(=O)NC2CCOC2)cc1. The first-order chi connectivity index (χ1) is 9.24. The molecule has 0 saturated carbocycles. The Balaban J connectivity index is 1.58. The molecule has 1 unspecified atom stereocenters. The van der Waals surface area contributed by atoms with E-state index in [1.165, 1.54) is 0 Å². The fourth-order valence-corrected chi connectivity index (χ4v) is 1.78. The molecule has 1 aliphatic heterocycles. The molecule has 6 heteroatoms. The van der Waals surface area contributed by atoms with Crippen LogP contribution in [0.4, 0.5) is 10.5 Å². The number of urea groups is 1. The van der Waals surface area contributed by atoms with Gasteiger partial charge in [-0.05, 0) is 30.7 Å². The van der Waals surface area contributed by atoms with Gasteiger partial charge in [-0.2, -0.15) is 0 Å². The number of nitrogens with one attached hydrogen (secondary N) is 2. The van der Waals surface area contributed by atoms with Gasteiger partial charge >= 0.3 is 6.03 Å². The summed E-state index contributed by atoms with van der Waals surface area (Å²) in [7, 11) is 0. The molecule has 1 heterocycles. The quantitative estimate of drug-likeness (QED) is 0.541. The second-order valence-electron chi connectivity index (χ2n) is 4.38. The van der Waals surface area contributed by atoms with Crippen molar-refractivity contribution >= 4 is 11.7 Å². The van der Waals surface area contributed by atoms with Crippen LogP contribution in [-0.4, -0.2) is 38.4 Å². The molecule has 0 radical (unpaired) electrons. The zero-order valence-corrected chi connectivity index (χ0v) is 10.7. The lowest BCUT2D eigenvalue weighted by Crippen LogP contribution is -2.43. The van der Waals surface area contributed by atoms with Gasteiger partial charge in [-0.1, -0.05) is 0 Å². The number of carbonyl (C=O) groups excluding carboxylic acids is 1. The number of nitrogen functional groups attached to an aromatic ring is 1. The Morgan fingerprint density at radius 3 is 2.89 bits per heavy atom.